The first-order chi connectivity index (χ1) is 9.73. The third-order valence-electron chi connectivity index (χ3n) is 3.16. The highest BCUT2D eigenvalue weighted by atomic mass is 32.2. The number of pyridine rings is 1. The Labute approximate surface area is 124 Å². The number of nitrogens with zero attached hydrogens (tertiary/aromatic N) is 3. The summed E-state index contributed by atoms with van der Waals surface area (Å²) in [5.74, 6) is -0.221. The minimum atomic E-state index is -3.63. The van der Waals surface area contributed by atoms with Crippen molar-refractivity contribution in [3.63, 3.8) is 0 Å². The Balaban J connectivity index is 3.16. The number of hydrogen-bond donors (Lipinski definition) is 0. The predicted octanol–water partition coefficient (Wildman–Crippen LogP) is -0.0330. The van der Waals surface area contributed by atoms with Crippen molar-refractivity contribution in [3.05, 3.63) is 28.7 Å². The highest BCUT2D eigenvalue weighted by Crippen LogP contribution is 2.10. The van der Waals surface area contributed by atoms with Gasteiger partial charge in [0.25, 0.3) is 5.56 Å². The molecule has 0 N–H and O–H groups in total. The van der Waals surface area contributed by atoms with Gasteiger partial charge in [-0.15, -0.1) is 0 Å². The van der Waals surface area contributed by atoms with Crippen LogP contribution in [0.1, 0.15) is 13.8 Å². The summed E-state index contributed by atoms with van der Waals surface area (Å²) >= 11 is 0. The molecule has 0 aliphatic heterocycles. The summed E-state index contributed by atoms with van der Waals surface area (Å²) in [6, 6.07) is 2.40. The van der Waals surface area contributed by atoms with Crippen LogP contribution in [-0.4, -0.2) is 55.3 Å². The van der Waals surface area contributed by atoms with Crippen molar-refractivity contribution >= 4 is 15.9 Å². The van der Waals surface area contributed by atoms with Gasteiger partial charge in [0.1, 0.15) is 6.54 Å². The van der Waals surface area contributed by atoms with E-state index in [4.69, 9.17) is 0 Å². The molecule has 0 bridgehead atoms. The Kier molecular flexibility index (Phi) is 5.68. The molecule has 0 fully saturated rings. The highest BCUT2D eigenvalue weighted by Gasteiger charge is 2.19. The number of carbonyl (C=O) groups excluding carboxylic acids is 1. The van der Waals surface area contributed by atoms with E-state index in [1.165, 1.54) is 26.4 Å². The molecule has 1 aromatic rings. The van der Waals surface area contributed by atoms with Crippen LogP contribution in [0.3, 0.4) is 0 Å². The van der Waals surface area contributed by atoms with Crippen molar-refractivity contribution in [2.24, 2.45) is 0 Å². The van der Waals surface area contributed by atoms with E-state index in [1.807, 2.05) is 13.8 Å². The lowest BCUT2D eigenvalue weighted by Crippen LogP contribution is -2.36. The summed E-state index contributed by atoms with van der Waals surface area (Å²) < 4.78 is 26.3. The average molecular weight is 315 g/mol. The molecule has 1 rings (SSSR count). The molecular formula is C13H21N3O4S. The first-order valence-corrected chi connectivity index (χ1v) is 8.08. The summed E-state index contributed by atoms with van der Waals surface area (Å²) in [6.07, 6.45) is 1.21. The van der Waals surface area contributed by atoms with Crippen LogP contribution < -0.4 is 5.56 Å². The second-order valence-corrected chi connectivity index (χ2v) is 6.84. The molecule has 8 heteroatoms. The Morgan fingerprint density at radius 2 is 1.76 bits per heavy atom. The van der Waals surface area contributed by atoms with E-state index >= 15 is 0 Å². The molecule has 0 atom stereocenters. The summed E-state index contributed by atoms with van der Waals surface area (Å²) in [5.41, 5.74) is -0.409. The SMILES string of the molecule is CCN(CC)C(=O)Cn1cc(S(=O)(=O)N(C)C)ccc1=O. The van der Waals surface area contributed by atoms with Crippen LogP contribution in [0.2, 0.25) is 0 Å². The maximum atomic E-state index is 12.0. The van der Waals surface area contributed by atoms with Crippen molar-refractivity contribution in [2.45, 2.75) is 25.3 Å². The molecule has 1 aromatic heterocycles. The molecule has 1 heterocycles. The smallest absolute Gasteiger partial charge is 0.251 e. The fourth-order valence-electron chi connectivity index (χ4n) is 1.82. The highest BCUT2D eigenvalue weighted by molar-refractivity contribution is 7.89. The second-order valence-electron chi connectivity index (χ2n) is 4.68. The molecule has 0 aromatic carbocycles. The quantitative estimate of drug-likeness (QED) is 0.738. The molecule has 0 aliphatic carbocycles. The molecule has 0 aliphatic rings. The van der Waals surface area contributed by atoms with Gasteiger partial charge in [0, 0.05) is 39.4 Å². The third-order valence-corrected chi connectivity index (χ3v) is 4.96. The van der Waals surface area contributed by atoms with E-state index in [0.29, 0.717) is 13.1 Å². The largest absolute Gasteiger partial charge is 0.342 e. The van der Waals surface area contributed by atoms with Gasteiger partial charge in [-0.05, 0) is 19.9 Å². The molecule has 7 nitrogen and oxygen atoms in total. The lowest BCUT2D eigenvalue weighted by molar-refractivity contribution is -0.131. The Bertz CT molecular complexity index is 660. The Morgan fingerprint density at radius 1 is 1.19 bits per heavy atom. The maximum Gasteiger partial charge on any atom is 0.251 e. The Hall–Kier alpha value is -1.67. The van der Waals surface area contributed by atoms with Crippen LogP contribution in [-0.2, 0) is 21.4 Å². The minimum Gasteiger partial charge on any atom is -0.342 e. The zero-order valence-corrected chi connectivity index (χ0v) is 13.6. The number of likely N-dealkylation sites (N-methyl/N-ethyl adjacent to an activating group) is 1. The van der Waals surface area contributed by atoms with Crippen molar-refractivity contribution in [2.75, 3.05) is 27.2 Å². The lowest BCUT2D eigenvalue weighted by Gasteiger charge is -2.19. The molecule has 0 saturated carbocycles. The zero-order valence-electron chi connectivity index (χ0n) is 12.7. The first kappa shape index (κ1) is 17.4. The molecule has 21 heavy (non-hydrogen) atoms. The average Bonchev–Trinajstić information content (AvgIpc) is 2.42. The zero-order chi connectivity index (χ0) is 16.2. The topological polar surface area (TPSA) is 79.7 Å². The number of carbonyl (C=O) groups is 1. The van der Waals surface area contributed by atoms with Gasteiger partial charge >= 0.3 is 0 Å². The van der Waals surface area contributed by atoms with Gasteiger partial charge in [-0.25, -0.2) is 12.7 Å². The second kappa shape index (κ2) is 6.86. The van der Waals surface area contributed by atoms with E-state index in [2.05, 4.69) is 0 Å². The first-order valence-electron chi connectivity index (χ1n) is 6.64. The maximum absolute atomic E-state index is 12.0. The number of sulfonamides is 1. The number of rotatable bonds is 6. The van der Waals surface area contributed by atoms with Gasteiger partial charge in [0.05, 0.1) is 4.90 Å². The molecule has 1 amide bonds. The third kappa shape index (κ3) is 3.92. The molecule has 0 unspecified atom stereocenters. The van der Waals surface area contributed by atoms with E-state index in [0.717, 1.165) is 14.9 Å². The van der Waals surface area contributed by atoms with Crippen molar-refractivity contribution in [3.8, 4) is 0 Å². The summed E-state index contributed by atoms with van der Waals surface area (Å²) in [7, 11) is -0.817. The number of aromatic nitrogens is 1. The van der Waals surface area contributed by atoms with Gasteiger partial charge in [-0.1, -0.05) is 0 Å². The predicted molar refractivity (Wildman–Crippen MR) is 79.5 cm³/mol. The standard InChI is InChI=1S/C13H21N3O4S/c1-5-15(6-2)13(18)10-16-9-11(7-8-12(16)17)21(19,20)14(3)4/h7-9H,5-6,10H2,1-4H3. The molecule has 0 saturated heterocycles. The van der Waals surface area contributed by atoms with E-state index in [9.17, 15) is 18.0 Å². The molecule has 118 valence electrons. The van der Waals surface area contributed by atoms with E-state index in [1.54, 1.807) is 4.90 Å². The van der Waals surface area contributed by atoms with Gasteiger partial charge in [-0.2, -0.15) is 0 Å². The lowest BCUT2D eigenvalue weighted by atomic mass is 10.4. The van der Waals surface area contributed by atoms with Crippen molar-refractivity contribution < 1.29 is 13.2 Å². The van der Waals surface area contributed by atoms with Gasteiger partial charge in [-0.3, -0.25) is 9.59 Å². The number of hydrogen-bond acceptors (Lipinski definition) is 4. The summed E-state index contributed by atoms with van der Waals surface area (Å²) in [5, 5.41) is 0. The van der Waals surface area contributed by atoms with Crippen LogP contribution in [0.15, 0.2) is 28.0 Å². The van der Waals surface area contributed by atoms with Gasteiger partial charge in [0.2, 0.25) is 15.9 Å². The summed E-state index contributed by atoms with van der Waals surface area (Å²) in [6.45, 7) is 4.60. The van der Waals surface area contributed by atoms with E-state index < -0.39 is 15.6 Å². The van der Waals surface area contributed by atoms with Gasteiger partial charge in [0.15, 0.2) is 0 Å². The Morgan fingerprint density at radius 3 is 2.24 bits per heavy atom. The van der Waals surface area contributed by atoms with Crippen LogP contribution in [0.25, 0.3) is 0 Å². The normalized spacial score (nSPS) is 11.7. The minimum absolute atomic E-state index is 0.0144. The fraction of sp³-hybridized carbons (Fsp3) is 0.538. The number of amides is 1. The van der Waals surface area contributed by atoms with Crippen LogP contribution in [0.5, 0.6) is 0 Å². The fourth-order valence-corrected chi connectivity index (χ4v) is 2.74. The molecule has 0 spiro atoms. The van der Waals surface area contributed by atoms with Crippen LogP contribution in [0, 0.1) is 0 Å². The van der Waals surface area contributed by atoms with E-state index in [-0.39, 0.29) is 17.3 Å². The van der Waals surface area contributed by atoms with Gasteiger partial charge < -0.3 is 9.47 Å². The monoisotopic (exact) mass is 315 g/mol. The summed E-state index contributed by atoms with van der Waals surface area (Å²) in [4.78, 5) is 25.4. The molecular weight excluding hydrogens is 294 g/mol. The van der Waals surface area contributed by atoms with Crippen molar-refractivity contribution in [1.29, 1.82) is 0 Å². The molecule has 0 radical (unpaired) electrons. The van der Waals surface area contributed by atoms with Crippen molar-refractivity contribution in [1.82, 2.24) is 13.8 Å². The van der Waals surface area contributed by atoms with Crippen LogP contribution in [0.4, 0.5) is 0 Å². The van der Waals surface area contributed by atoms with Crippen LogP contribution >= 0.6 is 0 Å².